The number of non-ortho nitro benzene ring substituents is 1. The van der Waals surface area contributed by atoms with Crippen LogP contribution in [-0.4, -0.2) is 53.4 Å². The Bertz CT molecular complexity index is 928. The lowest BCUT2D eigenvalue weighted by Gasteiger charge is -2.36. The number of nitrogens with zero attached hydrogens (tertiary/aromatic N) is 4. The van der Waals surface area contributed by atoms with Crippen molar-refractivity contribution in [2.45, 2.75) is 0 Å². The van der Waals surface area contributed by atoms with Crippen LogP contribution in [0.2, 0.25) is 0 Å². The van der Waals surface area contributed by atoms with Crippen LogP contribution < -0.4 is 9.64 Å². The Balaban J connectivity index is 1.50. The Kier molecular flexibility index (Phi) is 5.86. The van der Waals surface area contributed by atoms with Gasteiger partial charge in [-0.3, -0.25) is 25.0 Å². The normalized spacial score (nSPS) is 13.8. The van der Waals surface area contributed by atoms with Crippen molar-refractivity contribution in [2.75, 3.05) is 37.7 Å². The van der Waals surface area contributed by atoms with Gasteiger partial charge in [0, 0.05) is 56.1 Å². The number of carbonyl (C=O) groups excluding carboxylic acids is 1. The number of carbonyl (C=O) groups is 1. The van der Waals surface area contributed by atoms with Crippen molar-refractivity contribution in [1.82, 2.24) is 4.90 Å². The van der Waals surface area contributed by atoms with Gasteiger partial charge in [0.05, 0.1) is 9.85 Å². The molecule has 2 aromatic rings. The summed E-state index contributed by atoms with van der Waals surface area (Å²) in [4.78, 5) is 35.9. The summed E-state index contributed by atoms with van der Waals surface area (Å²) in [7, 11) is 0. The maximum Gasteiger partial charge on any atom is 0.305 e. The highest BCUT2D eigenvalue weighted by Crippen LogP contribution is 2.23. The van der Waals surface area contributed by atoms with E-state index in [0.717, 1.165) is 17.8 Å². The van der Waals surface area contributed by atoms with Gasteiger partial charge in [-0.25, -0.2) is 0 Å². The number of amides is 1. The molecule has 1 aliphatic heterocycles. The van der Waals surface area contributed by atoms with Gasteiger partial charge in [-0.05, 0) is 18.2 Å². The van der Waals surface area contributed by atoms with Crippen LogP contribution in [0.3, 0.4) is 0 Å². The predicted molar refractivity (Wildman–Crippen MR) is 100 cm³/mol. The molecule has 1 fully saturated rings. The van der Waals surface area contributed by atoms with E-state index < -0.39 is 21.4 Å². The topological polar surface area (TPSA) is 119 Å². The van der Waals surface area contributed by atoms with Crippen molar-refractivity contribution in [1.29, 1.82) is 0 Å². The number of nitro groups is 2. The minimum absolute atomic E-state index is 0.0161. The van der Waals surface area contributed by atoms with E-state index in [-0.39, 0.29) is 24.0 Å². The molecule has 10 nitrogen and oxygen atoms in total. The van der Waals surface area contributed by atoms with Crippen molar-refractivity contribution >= 4 is 23.0 Å². The molecule has 152 valence electrons. The van der Waals surface area contributed by atoms with Gasteiger partial charge in [-0.1, -0.05) is 0 Å². The highest BCUT2D eigenvalue weighted by Gasteiger charge is 2.22. The minimum Gasteiger partial charge on any atom is -0.484 e. The van der Waals surface area contributed by atoms with Gasteiger partial charge in [-0.15, -0.1) is 0 Å². The molecular formula is C18H17FN4O6. The Morgan fingerprint density at radius 1 is 1.00 bits per heavy atom. The van der Waals surface area contributed by atoms with Gasteiger partial charge < -0.3 is 14.5 Å². The zero-order chi connectivity index (χ0) is 21.0. The van der Waals surface area contributed by atoms with Crippen LogP contribution in [0.15, 0.2) is 42.5 Å². The van der Waals surface area contributed by atoms with Gasteiger partial charge in [0.2, 0.25) is 5.82 Å². The first-order chi connectivity index (χ1) is 13.8. The zero-order valence-corrected chi connectivity index (χ0v) is 15.2. The largest absolute Gasteiger partial charge is 0.484 e. The van der Waals surface area contributed by atoms with Gasteiger partial charge >= 0.3 is 5.69 Å². The number of rotatable bonds is 6. The monoisotopic (exact) mass is 404 g/mol. The molecule has 0 saturated carbocycles. The number of halogens is 1. The summed E-state index contributed by atoms with van der Waals surface area (Å²) in [5, 5.41) is 21.3. The fraction of sp³-hybridized carbons (Fsp3) is 0.278. The van der Waals surface area contributed by atoms with E-state index >= 15 is 0 Å². The van der Waals surface area contributed by atoms with Crippen LogP contribution >= 0.6 is 0 Å². The number of hydrogen-bond donors (Lipinski definition) is 0. The van der Waals surface area contributed by atoms with Crippen molar-refractivity contribution in [2.24, 2.45) is 0 Å². The number of anilines is 1. The average Bonchev–Trinajstić information content (AvgIpc) is 2.72. The maximum atomic E-state index is 13.6. The molecule has 3 rings (SSSR count). The highest BCUT2D eigenvalue weighted by molar-refractivity contribution is 5.78. The van der Waals surface area contributed by atoms with E-state index in [1.165, 1.54) is 18.2 Å². The minimum atomic E-state index is -1.03. The van der Waals surface area contributed by atoms with Crippen LogP contribution in [0, 0.1) is 26.0 Å². The lowest BCUT2D eigenvalue weighted by Crippen LogP contribution is -2.50. The molecule has 0 unspecified atom stereocenters. The van der Waals surface area contributed by atoms with Crippen molar-refractivity contribution in [3.8, 4) is 5.75 Å². The van der Waals surface area contributed by atoms with Crippen LogP contribution in [0.1, 0.15) is 0 Å². The molecule has 0 spiro atoms. The van der Waals surface area contributed by atoms with E-state index in [2.05, 4.69) is 0 Å². The quantitative estimate of drug-likeness (QED) is 0.535. The highest BCUT2D eigenvalue weighted by atomic mass is 19.1. The summed E-state index contributed by atoms with van der Waals surface area (Å²) < 4.78 is 18.8. The molecule has 1 amide bonds. The molecule has 2 aromatic carbocycles. The molecule has 0 bridgehead atoms. The average molecular weight is 404 g/mol. The van der Waals surface area contributed by atoms with Gasteiger partial charge in [0.15, 0.2) is 6.61 Å². The lowest BCUT2D eigenvalue weighted by atomic mass is 10.2. The van der Waals surface area contributed by atoms with Gasteiger partial charge in [0.25, 0.3) is 11.6 Å². The molecule has 0 aliphatic carbocycles. The molecule has 0 radical (unpaired) electrons. The summed E-state index contributed by atoms with van der Waals surface area (Å²) in [5.74, 6) is -1.28. The number of piperazine rings is 1. The third-order valence-corrected chi connectivity index (χ3v) is 4.54. The smallest absolute Gasteiger partial charge is 0.305 e. The Morgan fingerprint density at radius 2 is 1.66 bits per heavy atom. The van der Waals surface area contributed by atoms with E-state index in [4.69, 9.17) is 4.74 Å². The number of nitro benzene ring substituents is 2. The van der Waals surface area contributed by atoms with Crippen LogP contribution in [-0.2, 0) is 4.79 Å². The first-order valence-electron chi connectivity index (χ1n) is 8.69. The first kappa shape index (κ1) is 20.0. The second kappa shape index (κ2) is 8.50. The molecule has 29 heavy (non-hydrogen) atoms. The van der Waals surface area contributed by atoms with Crippen LogP contribution in [0.4, 0.5) is 21.5 Å². The molecule has 0 aromatic heterocycles. The second-order valence-electron chi connectivity index (χ2n) is 6.30. The summed E-state index contributed by atoms with van der Waals surface area (Å²) >= 11 is 0. The number of hydrogen-bond acceptors (Lipinski definition) is 7. The van der Waals surface area contributed by atoms with Crippen molar-refractivity contribution in [3.63, 3.8) is 0 Å². The van der Waals surface area contributed by atoms with Crippen molar-refractivity contribution in [3.05, 3.63) is 68.5 Å². The van der Waals surface area contributed by atoms with E-state index in [9.17, 15) is 29.4 Å². The molecule has 1 saturated heterocycles. The van der Waals surface area contributed by atoms with E-state index in [1.807, 2.05) is 4.90 Å². The zero-order valence-electron chi connectivity index (χ0n) is 15.2. The van der Waals surface area contributed by atoms with Gasteiger partial charge in [0.1, 0.15) is 5.75 Å². The van der Waals surface area contributed by atoms with Gasteiger partial charge in [-0.2, -0.15) is 4.39 Å². The van der Waals surface area contributed by atoms with Crippen molar-refractivity contribution < 1.29 is 23.8 Å². The summed E-state index contributed by atoms with van der Waals surface area (Å²) in [6.45, 7) is 1.67. The molecular weight excluding hydrogens is 387 g/mol. The molecule has 1 aliphatic rings. The van der Waals surface area contributed by atoms with Crippen LogP contribution in [0.25, 0.3) is 0 Å². The second-order valence-corrected chi connectivity index (χ2v) is 6.30. The summed E-state index contributed by atoms with van der Waals surface area (Å²) in [5.41, 5.74) is 0.189. The van der Waals surface area contributed by atoms with E-state index in [1.54, 1.807) is 17.0 Å². The Labute approximate surface area is 164 Å². The fourth-order valence-corrected chi connectivity index (χ4v) is 2.96. The number of benzene rings is 2. The lowest BCUT2D eigenvalue weighted by molar-refractivity contribution is -0.387. The molecule has 11 heteroatoms. The fourth-order valence-electron chi connectivity index (χ4n) is 2.96. The van der Waals surface area contributed by atoms with E-state index in [0.29, 0.717) is 26.2 Å². The predicted octanol–water partition coefficient (Wildman–Crippen LogP) is 2.37. The standard InChI is InChI=1S/C18H17FN4O6/c19-16-11-15(5-6-17(16)23(27)28)29-12-18(24)21-9-7-20(8-10-21)13-1-3-14(4-2-13)22(25)26/h1-6,11H,7-10,12H2. The molecule has 0 atom stereocenters. The third-order valence-electron chi connectivity index (χ3n) is 4.54. The Hall–Kier alpha value is -3.76. The SMILES string of the molecule is O=C(COc1ccc([N+](=O)[O-])c(F)c1)N1CCN(c2ccc([N+](=O)[O-])cc2)CC1. The van der Waals surface area contributed by atoms with Crippen LogP contribution in [0.5, 0.6) is 5.75 Å². The molecule has 1 heterocycles. The summed E-state index contributed by atoms with van der Waals surface area (Å²) in [6, 6.07) is 9.30. The number of ether oxygens (including phenoxy) is 1. The maximum absolute atomic E-state index is 13.6. The summed E-state index contributed by atoms with van der Waals surface area (Å²) in [6.07, 6.45) is 0. The Morgan fingerprint density at radius 3 is 2.21 bits per heavy atom. The first-order valence-corrected chi connectivity index (χ1v) is 8.69. The molecule has 0 N–H and O–H groups in total. The third kappa shape index (κ3) is 4.75.